The number of carbonyl (C=O) groups is 2. The highest BCUT2D eigenvalue weighted by atomic mass is 16.5. The SMILES string of the molecule is COc1ccc(C[C@H](NC(C)=O)C(=O)N[C@H]2[C@@H](O)[C@H](n3cnc4c(N(C)C)ncnc43)O[C@@H]2CO)cc1. The molecule has 1 aliphatic heterocycles. The van der Waals surface area contributed by atoms with Gasteiger partial charge in [-0.15, -0.1) is 0 Å². The van der Waals surface area contributed by atoms with Crippen molar-refractivity contribution in [2.75, 3.05) is 32.7 Å². The number of fused-ring (bicyclic) bond motifs is 1. The van der Waals surface area contributed by atoms with E-state index in [9.17, 15) is 19.8 Å². The van der Waals surface area contributed by atoms with Gasteiger partial charge in [0.2, 0.25) is 11.8 Å². The third kappa shape index (κ3) is 5.48. The Morgan fingerprint density at radius 3 is 2.57 bits per heavy atom. The first kappa shape index (κ1) is 26.3. The smallest absolute Gasteiger partial charge is 0.243 e. The van der Waals surface area contributed by atoms with Crippen LogP contribution in [0, 0.1) is 0 Å². The molecule has 2 aromatic heterocycles. The van der Waals surface area contributed by atoms with E-state index in [1.165, 1.54) is 19.6 Å². The summed E-state index contributed by atoms with van der Waals surface area (Å²) in [6.45, 7) is 0.870. The van der Waals surface area contributed by atoms with E-state index in [4.69, 9.17) is 9.47 Å². The number of aromatic nitrogens is 4. The standard InChI is InChI=1S/C24H31N7O6/c1-13(33)28-16(9-14-5-7-15(36-4)8-6-14)23(35)29-18-17(10-32)37-24(20(18)34)31-12-27-19-21(30(2)3)25-11-26-22(19)31/h5-8,11-12,16-18,20,24,32,34H,9-10H2,1-4H3,(H,28,33)(H,29,35)/t16-,17+,18+,20+,24+/m0/s1. The van der Waals surface area contributed by atoms with Crippen LogP contribution in [-0.2, 0) is 20.7 Å². The molecule has 0 aliphatic carbocycles. The Balaban J connectivity index is 1.54. The molecule has 3 aromatic rings. The number of amides is 2. The summed E-state index contributed by atoms with van der Waals surface area (Å²) in [6, 6.07) is 5.26. The fraction of sp³-hybridized carbons (Fsp3) is 0.458. The molecule has 0 unspecified atom stereocenters. The zero-order chi connectivity index (χ0) is 26.7. The first-order chi connectivity index (χ1) is 17.7. The number of aliphatic hydroxyl groups excluding tert-OH is 2. The van der Waals surface area contributed by atoms with Gasteiger partial charge in [0.1, 0.15) is 30.3 Å². The highest BCUT2D eigenvalue weighted by Crippen LogP contribution is 2.32. The van der Waals surface area contributed by atoms with Gasteiger partial charge < -0.3 is 35.2 Å². The van der Waals surface area contributed by atoms with Gasteiger partial charge in [-0.2, -0.15) is 0 Å². The van der Waals surface area contributed by atoms with Crippen LogP contribution in [0.25, 0.3) is 11.2 Å². The minimum Gasteiger partial charge on any atom is -0.497 e. The maximum Gasteiger partial charge on any atom is 0.243 e. The first-order valence-electron chi connectivity index (χ1n) is 11.7. The lowest BCUT2D eigenvalue weighted by molar-refractivity contribution is -0.129. The van der Waals surface area contributed by atoms with Crippen LogP contribution < -0.4 is 20.3 Å². The first-order valence-corrected chi connectivity index (χ1v) is 11.7. The molecule has 0 radical (unpaired) electrons. The van der Waals surface area contributed by atoms with Crippen LogP contribution in [0.1, 0.15) is 18.7 Å². The Morgan fingerprint density at radius 1 is 1.22 bits per heavy atom. The summed E-state index contributed by atoms with van der Waals surface area (Å²) in [6.07, 6.45) is -0.0494. The van der Waals surface area contributed by atoms with Gasteiger partial charge in [0.05, 0.1) is 26.1 Å². The predicted molar refractivity (Wildman–Crippen MR) is 133 cm³/mol. The van der Waals surface area contributed by atoms with Crippen molar-refractivity contribution >= 4 is 28.8 Å². The molecule has 4 N–H and O–H groups in total. The van der Waals surface area contributed by atoms with E-state index in [1.807, 2.05) is 14.1 Å². The fourth-order valence-electron chi connectivity index (χ4n) is 4.38. The van der Waals surface area contributed by atoms with E-state index >= 15 is 0 Å². The van der Waals surface area contributed by atoms with Crippen LogP contribution in [0.2, 0.25) is 0 Å². The molecule has 1 saturated heterocycles. The van der Waals surface area contributed by atoms with E-state index in [0.717, 1.165) is 5.56 Å². The summed E-state index contributed by atoms with van der Waals surface area (Å²) in [7, 11) is 5.21. The molecule has 13 nitrogen and oxygen atoms in total. The van der Waals surface area contributed by atoms with Crippen molar-refractivity contribution < 1.29 is 29.3 Å². The van der Waals surface area contributed by atoms with E-state index in [2.05, 4.69) is 25.6 Å². The lowest BCUT2D eigenvalue weighted by atomic mass is 10.0. The highest BCUT2D eigenvalue weighted by Gasteiger charge is 2.46. The van der Waals surface area contributed by atoms with Crippen molar-refractivity contribution in [3.05, 3.63) is 42.5 Å². The topological polar surface area (TPSA) is 164 Å². The molecule has 1 aromatic carbocycles. The number of nitrogens with one attached hydrogen (secondary N) is 2. The molecule has 0 spiro atoms. The average molecular weight is 514 g/mol. The van der Waals surface area contributed by atoms with E-state index < -0.39 is 43.0 Å². The number of benzene rings is 1. The number of hydrogen-bond donors (Lipinski definition) is 4. The molecule has 2 amide bonds. The van der Waals surface area contributed by atoms with Crippen LogP contribution in [0.5, 0.6) is 5.75 Å². The van der Waals surface area contributed by atoms with Gasteiger partial charge in [0.15, 0.2) is 23.2 Å². The number of aliphatic hydroxyl groups is 2. The van der Waals surface area contributed by atoms with Crippen LogP contribution in [-0.4, -0.2) is 93.7 Å². The van der Waals surface area contributed by atoms with Gasteiger partial charge in [0.25, 0.3) is 0 Å². The second kappa shape index (κ2) is 11.1. The maximum atomic E-state index is 13.3. The number of anilines is 1. The molecular formula is C24H31N7O6. The lowest BCUT2D eigenvalue weighted by Crippen LogP contribution is -2.55. The summed E-state index contributed by atoms with van der Waals surface area (Å²) in [5, 5.41) is 26.5. The Kier molecular flexibility index (Phi) is 7.86. The number of nitrogens with zero attached hydrogens (tertiary/aromatic N) is 5. The largest absolute Gasteiger partial charge is 0.497 e. The van der Waals surface area contributed by atoms with Crippen molar-refractivity contribution in [1.82, 2.24) is 30.2 Å². The number of ether oxygens (including phenoxy) is 2. The molecule has 0 bridgehead atoms. The molecule has 13 heteroatoms. The summed E-state index contributed by atoms with van der Waals surface area (Å²) in [5.41, 5.74) is 1.75. The quantitative estimate of drug-likeness (QED) is 0.290. The molecule has 0 saturated carbocycles. The second-order valence-corrected chi connectivity index (χ2v) is 8.99. The minimum atomic E-state index is -1.24. The Hall–Kier alpha value is -3.81. The monoisotopic (exact) mass is 513 g/mol. The summed E-state index contributed by atoms with van der Waals surface area (Å²) >= 11 is 0. The number of carbonyl (C=O) groups excluding carboxylic acids is 2. The van der Waals surface area contributed by atoms with Gasteiger partial charge in [-0.05, 0) is 17.7 Å². The van der Waals surface area contributed by atoms with Crippen molar-refractivity contribution in [1.29, 1.82) is 0 Å². The van der Waals surface area contributed by atoms with Gasteiger partial charge in [-0.3, -0.25) is 14.2 Å². The Bertz CT molecular complexity index is 1250. The summed E-state index contributed by atoms with van der Waals surface area (Å²) in [4.78, 5) is 39.8. The minimum absolute atomic E-state index is 0.211. The van der Waals surface area contributed by atoms with Crippen molar-refractivity contribution in [3.63, 3.8) is 0 Å². The second-order valence-electron chi connectivity index (χ2n) is 8.99. The van der Waals surface area contributed by atoms with E-state index in [0.29, 0.717) is 22.7 Å². The third-order valence-corrected chi connectivity index (χ3v) is 6.19. The van der Waals surface area contributed by atoms with Crippen molar-refractivity contribution in [2.45, 2.75) is 43.9 Å². The molecule has 4 rings (SSSR count). The average Bonchev–Trinajstić information content (AvgIpc) is 3.44. The Labute approximate surface area is 213 Å². The van der Waals surface area contributed by atoms with E-state index in [1.54, 1.807) is 40.8 Å². The van der Waals surface area contributed by atoms with Crippen LogP contribution in [0.3, 0.4) is 0 Å². The molecule has 3 heterocycles. The van der Waals surface area contributed by atoms with Crippen LogP contribution in [0.4, 0.5) is 5.82 Å². The number of rotatable bonds is 9. The summed E-state index contributed by atoms with van der Waals surface area (Å²) in [5.74, 6) is 0.360. The normalized spacial score (nSPS) is 22.0. The molecule has 5 atom stereocenters. The number of imidazole rings is 1. The third-order valence-electron chi connectivity index (χ3n) is 6.19. The van der Waals surface area contributed by atoms with Gasteiger partial charge in [-0.25, -0.2) is 15.0 Å². The van der Waals surface area contributed by atoms with Crippen LogP contribution in [0.15, 0.2) is 36.9 Å². The maximum absolute atomic E-state index is 13.3. The molecule has 1 aliphatic rings. The van der Waals surface area contributed by atoms with E-state index in [-0.39, 0.29) is 12.3 Å². The molecular weight excluding hydrogens is 482 g/mol. The zero-order valence-corrected chi connectivity index (χ0v) is 21.0. The fourth-order valence-corrected chi connectivity index (χ4v) is 4.38. The predicted octanol–water partition coefficient (Wildman–Crippen LogP) is -0.616. The van der Waals surface area contributed by atoms with Crippen molar-refractivity contribution in [3.8, 4) is 5.75 Å². The van der Waals surface area contributed by atoms with Crippen molar-refractivity contribution in [2.24, 2.45) is 0 Å². The number of methoxy groups -OCH3 is 1. The zero-order valence-electron chi connectivity index (χ0n) is 21.0. The molecule has 1 fully saturated rings. The van der Waals surface area contributed by atoms with Gasteiger partial charge in [-0.1, -0.05) is 12.1 Å². The van der Waals surface area contributed by atoms with Gasteiger partial charge >= 0.3 is 0 Å². The van der Waals surface area contributed by atoms with Gasteiger partial charge in [0, 0.05) is 27.4 Å². The lowest BCUT2D eigenvalue weighted by Gasteiger charge is -2.24. The van der Waals surface area contributed by atoms with Crippen LogP contribution >= 0.6 is 0 Å². The molecule has 198 valence electrons. The summed E-state index contributed by atoms with van der Waals surface area (Å²) < 4.78 is 12.6. The number of hydrogen-bond acceptors (Lipinski definition) is 10. The highest BCUT2D eigenvalue weighted by molar-refractivity contribution is 5.87. The molecule has 37 heavy (non-hydrogen) atoms. The Morgan fingerprint density at radius 2 is 1.95 bits per heavy atom.